The smallest absolute Gasteiger partial charge is 0.331 e. The molecule has 0 amide bonds. The van der Waals surface area contributed by atoms with Gasteiger partial charge in [0.1, 0.15) is 12.2 Å². The summed E-state index contributed by atoms with van der Waals surface area (Å²) >= 11 is 0. The Morgan fingerprint density at radius 3 is 2.71 bits per heavy atom. The van der Waals surface area contributed by atoms with Crippen molar-refractivity contribution in [3.63, 3.8) is 0 Å². The second-order valence-electron chi connectivity index (χ2n) is 12.6. The Hall–Kier alpha value is -1.25. The van der Waals surface area contributed by atoms with Crippen molar-refractivity contribution >= 4 is 5.97 Å². The van der Waals surface area contributed by atoms with Gasteiger partial charge in [0, 0.05) is 12.0 Å². The van der Waals surface area contributed by atoms with Crippen molar-refractivity contribution < 1.29 is 34.0 Å². The SMILES string of the molecule is CC1O[C@@H](OC2CCC3(C)C(CCC4C3CC3OC35C(C3=CC(=O)OC3)CCC45O)C2)C=C[C@H]1O. The van der Waals surface area contributed by atoms with E-state index in [4.69, 9.17) is 18.9 Å². The van der Waals surface area contributed by atoms with Crippen LogP contribution in [-0.4, -0.2) is 64.7 Å². The van der Waals surface area contributed by atoms with Gasteiger partial charge in [-0.05, 0) is 93.1 Å². The summed E-state index contributed by atoms with van der Waals surface area (Å²) < 4.78 is 23.9. The van der Waals surface area contributed by atoms with Crippen LogP contribution in [0.4, 0.5) is 0 Å². The Labute approximate surface area is 206 Å². The van der Waals surface area contributed by atoms with E-state index in [1.807, 2.05) is 13.0 Å². The monoisotopic (exact) mass is 486 g/mol. The van der Waals surface area contributed by atoms with Crippen LogP contribution in [0.3, 0.4) is 0 Å². The van der Waals surface area contributed by atoms with Gasteiger partial charge in [0.05, 0.1) is 30.0 Å². The summed E-state index contributed by atoms with van der Waals surface area (Å²) in [4.78, 5) is 11.7. The molecule has 7 aliphatic rings. The van der Waals surface area contributed by atoms with Gasteiger partial charge in [0.15, 0.2) is 6.29 Å². The van der Waals surface area contributed by atoms with Crippen LogP contribution < -0.4 is 0 Å². The highest BCUT2D eigenvalue weighted by Crippen LogP contribution is 2.73. The standard InChI is InChI=1S/C28H38O7/c1-15-22(29)5-6-25(33-15)34-18-7-9-26(2)17(12-18)3-4-20-21(26)13-23-28(35-23)19(8-10-27(20,28)31)16-11-24(30)32-14-16/h5-6,11,15,17-23,25,29,31H,3-4,7-10,12-14H2,1-2H3/t15?,17?,18?,19?,20?,21?,22-,23?,25+,26?,27?,28?/m1/s1. The lowest BCUT2D eigenvalue weighted by atomic mass is 9.45. The number of hydrogen-bond donors (Lipinski definition) is 2. The molecule has 3 heterocycles. The van der Waals surface area contributed by atoms with Gasteiger partial charge in [0.25, 0.3) is 0 Å². The Kier molecular flexibility index (Phi) is 5.00. The van der Waals surface area contributed by atoms with E-state index >= 15 is 0 Å². The summed E-state index contributed by atoms with van der Waals surface area (Å²) in [6.07, 6.45) is 12.2. The molecule has 12 atom stereocenters. The number of esters is 1. The molecule has 0 radical (unpaired) electrons. The number of aliphatic hydroxyl groups is 2. The maximum Gasteiger partial charge on any atom is 0.331 e. The first kappa shape index (κ1) is 22.9. The molecule has 1 spiro atoms. The molecule has 7 rings (SSSR count). The first-order valence-corrected chi connectivity index (χ1v) is 13.7. The van der Waals surface area contributed by atoms with E-state index in [2.05, 4.69) is 6.92 Å². The van der Waals surface area contributed by atoms with Gasteiger partial charge in [-0.25, -0.2) is 4.79 Å². The third-order valence-electron chi connectivity index (χ3n) is 11.2. The minimum atomic E-state index is -0.809. The lowest BCUT2D eigenvalue weighted by Crippen LogP contribution is -2.62. The average molecular weight is 487 g/mol. The minimum Gasteiger partial charge on any atom is -0.458 e. The summed E-state index contributed by atoms with van der Waals surface area (Å²) in [5, 5.41) is 22.2. The Balaban J connectivity index is 1.08. The van der Waals surface area contributed by atoms with Gasteiger partial charge >= 0.3 is 5.97 Å². The van der Waals surface area contributed by atoms with Gasteiger partial charge in [-0.2, -0.15) is 0 Å². The van der Waals surface area contributed by atoms with E-state index in [0.717, 1.165) is 56.9 Å². The van der Waals surface area contributed by atoms with E-state index in [1.54, 1.807) is 12.2 Å². The quantitative estimate of drug-likeness (QED) is 0.360. The molecule has 7 nitrogen and oxygen atoms in total. The zero-order chi connectivity index (χ0) is 24.2. The highest BCUT2D eigenvalue weighted by Gasteiger charge is 2.81. The minimum absolute atomic E-state index is 0.0797. The molecule has 4 saturated carbocycles. The van der Waals surface area contributed by atoms with Crippen molar-refractivity contribution in [3.8, 4) is 0 Å². The molecule has 1 saturated heterocycles. The molecule has 35 heavy (non-hydrogen) atoms. The number of carbonyl (C=O) groups excluding carboxylic acids is 1. The average Bonchev–Trinajstić information content (AvgIpc) is 3.28. The Morgan fingerprint density at radius 2 is 1.94 bits per heavy atom. The first-order chi connectivity index (χ1) is 16.7. The Morgan fingerprint density at radius 1 is 1.09 bits per heavy atom. The van der Waals surface area contributed by atoms with Crippen LogP contribution in [0.5, 0.6) is 0 Å². The number of ether oxygens (including phenoxy) is 4. The van der Waals surface area contributed by atoms with Gasteiger partial charge in [-0.3, -0.25) is 0 Å². The van der Waals surface area contributed by atoms with E-state index in [-0.39, 0.29) is 47.8 Å². The molecule has 5 fully saturated rings. The molecule has 0 aromatic heterocycles. The molecular formula is C28H38O7. The summed E-state index contributed by atoms with van der Waals surface area (Å²) in [6, 6.07) is 0. The fourth-order valence-electron chi connectivity index (χ4n) is 9.40. The van der Waals surface area contributed by atoms with Crippen molar-refractivity contribution in [2.75, 3.05) is 6.61 Å². The molecular weight excluding hydrogens is 448 g/mol. The Bertz CT molecular complexity index is 976. The summed E-state index contributed by atoms with van der Waals surface area (Å²) in [7, 11) is 0. The highest BCUT2D eigenvalue weighted by molar-refractivity contribution is 5.85. The number of aliphatic hydroxyl groups excluding tert-OH is 1. The predicted molar refractivity (Wildman–Crippen MR) is 125 cm³/mol. The number of cyclic esters (lactones) is 1. The highest BCUT2D eigenvalue weighted by atomic mass is 16.7. The fraction of sp³-hybridized carbons (Fsp3) is 0.821. The molecule has 0 aromatic rings. The summed E-state index contributed by atoms with van der Waals surface area (Å²) in [5.74, 6) is 1.10. The summed E-state index contributed by atoms with van der Waals surface area (Å²) in [5.41, 5.74) is -0.127. The van der Waals surface area contributed by atoms with Crippen molar-refractivity contribution in [1.82, 2.24) is 0 Å². The molecule has 0 bridgehead atoms. The van der Waals surface area contributed by atoms with E-state index < -0.39 is 17.3 Å². The van der Waals surface area contributed by atoms with Crippen LogP contribution in [0.25, 0.3) is 0 Å². The molecule has 0 aromatic carbocycles. The molecule has 4 aliphatic carbocycles. The lowest BCUT2D eigenvalue weighted by Gasteiger charge is -2.60. The number of carbonyl (C=O) groups is 1. The van der Waals surface area contributed by atoms with Crippen LogP contribution in [0.1, 0.15) is 65.2 Å². The molecule has 10 unspecified atom stereocenters. The second kappa shape index (κ2) is 7.64. The molecule has 3 aliphatic heterocycles. The van der Waals surface area contributed by atoms with Gasteiger partial charge in [-0.1, -0.05) is 13.0 Å². The van der Waals surface area contributed by atoms with Crippen molar-refractivity contribution in [3.05, 3.63) is 23.8 Å². The van der Waals surface area contributed by atoms with Crippen LogP contribution in [0.2, 0.25) is 0 Å². The van der Waals surface area contributed by atoms with Gasteiger partial charge in [-0.15, -0.1) is 0 Å². The topological polar surface area (TPSA) is 97.8 Å². The van der Waals surface area contributed by atoms with Crippen LogP contribution in [0, 0.1) is 29.1 Å². The number of fused-ring (bicyclic) bond motifs is 4. The second-order valence-corrected chi connectivity index (χ2v) is 12.6. The van der Waals surface area contributed by atoms with Gasteiger partial charge in [0.2, 0.25) is 0 Å². The predicted octanol–water partition coefficient (Wildman–Crippen LogP) is 3.03. The van der Waals surface area contributed by atoms with E-state index in [0.29, 0.717) is 18.4 Å². The normalized spacial score (nSPS) is 56.4. The largest absolute Gasteiger partial charge is 0.458 e. The lowest BCUT2D eigenvalue weighted by molar-refractivity contribution is -0.212. The maximum absolute atomic E-state index is 12.3. The van der Waals surface area contributed by atoms with Crippen molar-refractivity contribution in [2.24, 2.45) is 29.1 Å². The zero-order valence-electron chi connectivity index (χ0n) is 20.7. The van der Waals surface area contributed by atoms with E-state index in [9.17, 15) is 15.0 Å². The zero-order valence-corrected chi connectivity index (χ0v) is 20.7. The van der Waals surface area contributed by atoms with Crippen LogP contribution in [-0.2, 0) is 23.7 Å². The number of hydrogen-bond acceptors (Lipinski definition) is 7. The van der Waals surface area contributed by atoms with E-state index in [1.165, 1.54) is 0 Å². The number of rotatable bonds is 3. The molecule has 7 heteroatoms. The van der Waals surface area contributed by atoms with Crippen LogP contribution in [0.15, 0.2) is 23.8 Å². The maximum atomic E-state index is 12.3. The van der Waals surface area contributed by atoms with Crippen molar-refractivity contribution in [2.45, 2.75) is 107 Å². The van der Waals surface area contributed by atoms with Gasteiger partial charge < -0.3 is 29.2 Å². The summed E-state index contributed by atoms with van der Waals surface area (Å²) in [6.45, 7) is 4.68. The van der Waals surface area contributed by atoms with Crippen molar-refractivity contribution in [1.29, 1.82) is 0 Å². The first-order valence-electron chi connectivity index (χ1n) is 13.7. The third kappa shape index (κ3) is 3.11. The molecule has 192 valence electrons. The fourth-order valence-corrected chi connectivity index (χ4v) is 9.40. The number of epoxide rings is 1. The third-order valence-corrected chi connectivity index (χ3v) is 11.2. The molecule has 2 N–H and O–H groups in total. The van der Waals surface area contributed by atoms with Crippen LogP contribution >= 0.6 is 0 Å².